The van der Waals surface area contributed by atoms with E-state index in [0.29, 0.717) is 16.0 Å². The summed E-state index contributed by atoms with van der Waals surface area (Å²) >= 11 is 1.37. The monoisotopic (exact) mass is 335 g/mol. The number of amides is 1. The van der Waals surface area contributed by atoms with Crippen LogP contribution in [0.15, 0.2) is 31.9 Å². The molecule has 0 aromatic carbocycles. The van der Waals surface area contributed by atoms with Gasteiger partial charge in [0.15, 0.2) is 5.82 Å². The summed E-state index contributed by atoms with van der Waals surface area (Å²) in [4.78, 5) is 42.2. The first-order valence-corrected chi connectivity index (χ1v) is 7.68. The van der Waals surface area contributed by atoms with Gasteiger partial charge >= 0.3 is 5.76 Å². The highest BCUT2D eigenvalue weighted by Gasteiger charge is 2.13. The smallest absolute Gasteiger partial charge is 0.354 e. The van der Waals surface area contributed by atoms with E-state index in [1.165, 1.54) is 22.2 Å². The van der Waals surface area contributed by atoms with E-state index in [2.05, 4.69) is 25.0 Å². The Hall–Kier alpha value is -2.75. The minimum Gasteiger partial charge on any atom is -0.354 e. The first kappa shape index (κ1) is 15.2. The van der Waals surface area contributed by atoms with Gasteiger partial charge < -0.3 is 5.32 Å². The van der Waals surface area contributed by atoms with Crippen molar-refractivity contribution >= 4 is 27.5 Å². The van der Waals surface area contributed by atoms with Gasteiger partial charge in [0.25, 0.3) is 5.56 Å². The third-order valence-corrected chi connectivity index (χ3v) is 4.11. The molecule has 0 bridgehead atoms. The number of carbonyl (C=O) groups excluding carboxylic acids is 1. The molecule has 0 aliphatic rings. The lowest BCUT2D eigenvalue weighted by Gasteiger charge is -2.10. The summed E-state index contributed by atoms with van der Waals surface area (Å²) in [6.45, 7) is 1.91. The molecule has 3 rings (SSSR count). The van der Waals surface area contributed by atoms with Crippen LogP contribution < -0.4 is 16.6 Å². The lowest BCUT2D eigenvalue weighted by atomic mass is 10.2. The Morgan fingerprint density at radius 3 is 3.09 bits per heavy atom. The van der Waals surface area contributed by atoms with Crippen LogP contribution in [-0.2, 0) is 11.3 Å². The molecule has 3 heterocycles. The number of thiophene rings is 1. The number of nitrogens with zero attached hydrogens (tertiary/aromatic N) is 3. The molecular formula is C13H13N5O4S. The van der Waals surface area contributed by atoms with Crippen molar-refractivity contribution in [1.29, 1.82) is 0 Å². The summed E-state index contributed by atoms with van der Waals surface area (Å²) in [7, 11) is 0. The van der Waals surface area contributed by atoms with E-state index < -0.39 is 5.76 Å². The zero-order valence-electron chi connectivity index (χ0n) is 12.1. The van der Waals surface area contributed by atoms with Gasteiger partial charge in [-0.3, -0.25) is 23.7 Å². The predicted octanol–water partition coefficient (Wildman–Crippen LogP) is 0.0542. The van der Waals surface area contributed by atoms with Crippen LogP contribution in [0.4, 0.5) is 0 Å². The SMILES string of the molecule is CC(CNC(=O)Cn1cnc2sccc2c1=O)c1noc(=O)[nH]1. The molecule has 9 nitrogen and oxygen atoms in total. The second-order valence-electron chi connectivity index (χ2n) is 5.00. The number of hydrogen-bond acceptors (Lipinski definition) is 7. The Labute approximate surface area is 133 Å². The fourth-order valence-corrected chi connectivity index (χ4v) is 2.76. The summed E-state index contributed by atoms with van der Waals surface area (Å²) < 4.78 is 5.67. The molecule has 0 saturated carbocycles. The van der Waals surface area contributed by atoms with Gasteiger partial charge in [0.1, 0.15) is 11.4 Å². The average Bonchev–Trinajstić information content (AvgIpc) is 3.17. The van der Waals surface area contributed by atoms with Crippen LogP contribution in [0.2, 0.25) is 0 Å². The van der Waals surface area contributed by atoms with E-state index in [4.69, 9.17) is 0 Å². The summed E-state index contributed by atoms with van der Waals surface area (Å²) in [5.41, 5.74) is -0.250. The van der Waals surface area contributed by atoms with Crippen LogP contribution in [0.1, 0.15) is 18.7 Å². The fourth-order valence-electron chi connectivity index (χ4n) is 2.03. The molecular weight excluding hydrogens is 322 g/mol. The van der Waals surface area contributed by atoms with Gasteiger partial charge in [-0.2, -0.15) is 0 Å². The normalized spacial score (nSPS) is 12.4. The van der Waals surface area contributed by atoms with Crippen LogP contribution in [0.5, 0.6) is 0 Å². The standard InChI is InChI=1S/C13H13N5O4S/c1-7(10-16-13(21)22-17-10)4-14-9(19)5-18-6-15-11-8(12(18)20)2-3-23-11/h2-3,6-7H,4-5H2,1H3,(H,14,19)(H,16,17,21). The third kappa shape index (κ3) is 3.21. The van der Waals surface area contributed by atoms with E-state index in [9.17, 15) is 14.4 Å². The van der Waals surface area contributed by atoms with Gasteiger partial charge in [0.2, 0.25) is 5.91 Å². The van der Waals surface area contributed by atoms with Crippen LogP contribution in [0.3, 0.4) is 0 Å². The number of hydrogen-bond donors (Lipinski definition) is 2. The molecule has 0 saturated heterocycles. The lowest BCUT2D eigenvalue weighted by molar-refractivity contribution is -0.121. The zero-order chi connectivity index (χ0) is 16.4. The molecule has 0 radical (unpaired) electrons. The maximum absolute atomic E-state index is 12.2. The summed E-state index contributed by atoms with van der Waals surface area (Å²) in [6, 6.07) is 1.69. The van der Waals surface area contributed by atoms with Crippen LogP contribution >= 0.6 is 11.3 Å². The molecule has 1 amide bonds. The van der Waals surface area contributed by atoms with Gasteiger partial charge in [-0.1, -0.05) is 12.1 Å². The minimum absolute atomic E-state index is 0.125. The predicted molar refractivity (Wildman–Crippen MR) is 82.4 cm³/mol. The van der Waals surface area contributed by atoms with Gasteiger partial charge in [0, 0.05) is 12.5 Å². The van der Waals surface area contributed by atoms with E-state index in [0.717, 1.165) is 0 Å². The van der Waals surface area contributed by atoms with Crippen molar-refractivity contribution in [3.05, 3.63) is 44.5 Å². The Morgan fingerprint density at radius 1 is 1.52 bits per heavy atom. The number of rotatable bonds is 5. The van der Waals surface area contributed by atoms with E-state index in [-0.39, 0.29) is 30.5 Å². The molecule has 1 unspecified atom stereocenters. The Balaban J connectivity index is 1.63. The van der Waals surface area contributed by atoms with Crippen molar-refractivity contribution in [3.8, 4) is 0 Å². The quantitative estimate of drug-likeness (QED) is 0.679. The Morgan fingerprint density at radius 2 is 2.35 bits per heavy atom. The Bertz CT molecular complexity index is 953. The molecule has 10 heteroatoms. The highest BCUT2D eigenvalue weighted by atomic mass is 32.1. The molecule has 0 aliphatic heterocycles. The molecule has 0 aliphatic carbocycles. The summed E-state index contributed by atoms with van der Waals surface area (Å²) in [5.74, 6) is -0.838. The highest BCUT2D eigenvalue weighted by molar-refractivity contribution is 7.16. The number of H-pyrrole nitrogens is 1. The molecule has 23 heavy (non-hydrogen) atoms. The van der Waals surface area contributed by atoms with Crippen LogP contribution in [0, 0.1) is 0 Å². The highest BCUT2D eigenvalue weighted by Crippen LogP contribution is 2.13. The van der Waals surface area contributed by atoms with Gasteiger partial charge in [-0.05, 0) is 11.4 Å². The number of aromatic nitrogens is 4. The molecule has 2 N–H and O–H groups in total. The van der Waals surface area contributed by atoms with Crippen LogP contribution in [0.25, 0.3) is 10.2 Å². The number of aromatic amines is 1. The Kier molecular flexibility index (Phi) is 4.06. The summed E-state index contributed by atoms with van der Waals surface area (Å²) in [5, 5.41) is 8.52. The second-order valence-corrected chi connectivity index (χ2v) is 5.90. The topological polar surface area (TPSA) is 123 Å². The third-order valence-electron chi connectivity index (χ3n) is 3.29. The van der Waals surface area contributed by atoms with Crippen molar-refractivity contribution in [2.24, 2.45) is 0 Å². The number of nitrogens with one attached hydrogen (secondary N) is 2. The molecule has 3 aromatic rings. The van der Waals surface area contributed by atoms with Gasteiger partial charge in [-0.15, -0.1) is 11.3 Å². The maximum Gasteiger partial charge on any atom is 0.438 e. The first-order valence-electron chi connectivity index (χ1n) is 6.80. The average molecular weight is 335 g/mol. The lowest BCUT2D eigenvalue weighted by Crippen LogP contribution is -2.34. The fraction of sp³-hybridized carbons (Fsp3) is 0.308. The number of fused-ring (bicyclic) bond motifs is 1. The summed E-state index contributed by atoms with van der Waals surface area (Å²) in [6.07, 6.45) is 1.36. The first-order chi connectivity index (χ1) is 11.0. The molecule has 3 aromatic heterocycles. The molecule has 1 atom stereocenters. The molecule has 120 valence electrons. The largest absolute Gasteiger partial charge is 0.438 e. The van der Waals surface area contributed by atoms with Crippen LogP contribution in [-0.4, -0.2) is 32.1 Å². The van der Waals surface area contributed by atoms with Crippen molar-refractivity contribution in [2.45, 2.75) is 19.4 Å². The molecule has 0 spiro atoms. The van der Waals surface area contributed by atoms with E-state index in [1.807, 2.05) is 0 Å². The maximum atomic E-state index is 12.2. The van der Waals surface area contributed by atoms with Crippen molar-refractivity contribution in [1.82, 2.24) is 25.0 Å². The van der Waals surface area contributed by atoms with Gasteiger partial charge in [-0.25, -0.2) is 9.78 Å². The van der Waals surface area contributed by atoms with E-state index >= 15 is 0 Å². The van der Waals surface area contributed by atoms with Crippen molar-refractivity contribution < 1.29 is 9.32 Å². The van der Waals surface area contributed by atoms with Crippen molar-refractivity contribution in [3.63, 3.8) is 0 Å². The van der Waals surface area contributed by atoms with E-state index in [1.54, 1.807) is 18.4 Å². The molecule has 0 fully saturated rings. The number of carbonyl (C=O) groups is 1. The zero-order valence-corrected chi connectivity index (χ0v) is 12.9. The minimum atomic E-state index is -0.639. The van der Waals surface area contributed by atoms with Crippen molar-refractivity contribution in [2.75, 3.05) is 6.54 Å². The van der Waals surface area contributed by atoms with Gasteiger partial charge in [0.05, 0.1) is 11.7 Å². The second kappa shape index (κ2) is 6.16.